The van der Waals surface area contributed by atoms with Gasteiger partial charge in [0.15, 0.2) is 0 Å². The van der Waals surface area contributed by atoms with Gasteiger partial charge in [-0.05, 0) is 12.0 Å². The van der Waals surface area contributed by atoms with Crippen LogP contribution in [-0.2, 0) is 19.4 Å². The minimum Gasteiger partial charge on any atom is -0.392 e. The lowest BCUT2D eigenvalue weighted by Crippen LogP contribution is -1.99. The topological polar surface area (TPSA) is 46.0 Å². The maximum atomic E-state index is 8.86. The van der Waals surface area contributed by atoms with Crippen molar-refractivity contribution >= 4 is 0 Å². The highest BCUT2D eigenvalue weighted by Crippen LogP contribution is 2.04. The standard InChI is InChI=1S/C13H14N2O/c16-10-12-8-14-13(15-9-12)7-6-11-4-2-1-3-5-11/h1-5,8-9,16H,6-7,10H2. The zero-order chi connectivity index (χ0) is 11.2. The summed E-state index contributed by atoms with van der Waals surface area (Å²) >= 11 is 0. The highest BCUT2D eigenvalue weighted by Gasteiger charge is 1.98. The first-order valence-electron chi connectivity index (χ1n) is 5.33. The van der Waals surface area contributed by atoms with Gasteiger partial charge in [0.05, 0.1) is 6.61 Å². The summed E-state index contributed by atoms with van der Waals surface area (Å²) in [5, 5.41) is 8.86. The van der Waals surface area contributed by atoms with Crippen LogP contribution in [0.4, 0.5) is 0 Å². The molecule has 3 nitrogen and oxygen atoms in total. The van der Waals surface area contributed by atoms with Crippen LogP contribution < -0.4 is 0 Å². The molecule has 0 radical (unpaired) electrons. The van der Waals surface area contributed by atoms with E-state index in [-0.39, 0.29) is 6.61 Å². The van der Waals surface area contributed by atoms with Gasteiger partial charge in [0, 0.05) is 24.4 Å². The van der Waals surface area contributed by atoms with Gasteiger partial charge < -0.3 is 5.11 Å². The Labute approximate surface area is 94.8 Å². The lowest BCUT2D eigenvalue weighted by atomic mass is 10.1. The molecule has 0 unspecified atom stereocenters. The Morgan fingerprint density at radius 3 is 2.19 bits per heavy atom. The summed E-state index contributed by atoms with van der Waals surface area (Å²) < 4.78 is 0. The van der Waals surface area contributed by atoms with Gasteiger partial charge in [-0.2, -0.15) is 0 Å². The number of aliphatic hydroxyl groups excluding tert-OH is 1. The van der Waals surface area contributed by atoms with Crippen LogP contribution in [0.3, 0.4) is 0 Å². The summed E-state index contributed by atoms with van der Waals surface area (Å²) in [7, 11) is 0. The van der Waals surface area contributed by atoms with E-state index in [0.29, 0.717) is 0 Å². The Hall–Kier alpha value is -1.74. The number of benzene rings is 1. The second-order valence-corrected chi connectivity index (χ2v) is 3.65. The molecular weight excluding hydrogens is 200 g/mol. The van der Waals surface area contributed by atoms with Crippen molar-refractivity contribution in [2.75, 3.05) is 0 Å². The van der Waals surface area contributed by atoms with E-state index in [2.05, 4.69) is 22.1 Å². The number of hydrogen-bond donors (Lipinski definition) is 1. The average Bonchev–Trinajstić information content (AvgIpc) is 2.38. The van der Waals surface area contributed by atoms with Gasteiger partial charge in [0.25, 0.3) is 0 Å². The molecule has 0 fully saturated rings. The van der Waals surface area contributed by atoms with Crippen molar-refractivity contribution in [2.45, 2.75) is 19.4 Å². The molecule has 1 N–H and O–H groups in total. The van der Waals surface area contributed by atoms with Crippen LogP contribution in [0.1, 0.15) is 17.0 Å². The van der Waals surface area contributed by atoms with Crippen LogP contribution in [0.25, 0.3) is 0 Å². The summed E-state index contributed by atoms with van der Waals surface area (Å²) in [5.74, 6) is 0.820. The lowest BCUT2D eigenvalue weighted by molar-refractivity contribution is 0.280. The van der Waals surface area contributed by atoms with Crippen molar-refractivity contribution < 1.29 is 5.11 Å². The van der Waals surface area contributed by atoms with Crippen LogP contribution >= 0.6 is 0 Å². The molecule has 1 aromatic carbocycles. The van der Waals surface area contributed by atoms with Crippen LogP contribution in [0.15, 0.2) is 42.7 Å². The molecule has 3 heteroatoms. The quantitative estimate of drug-likeness (QED) is 0.843. The Bertz CT molecular complexity index is 425. The Kier molecular flexibility index (Phi) is 3.62. The average molecular weight is 214 g/mol. The van der Waals surface area contributed by atoms with Crippen molar-refractivity contribution in [3.05, 3.63) is 59.7 Å². The monoisotopic (exact) mass is 214 g/mol. The predicted molar refractivity (Wildman–Crippen MR) is 61.8 cm³/mol. The molecule has 16 heavy (non-hydrogen) atoms. The summed E-state index contributed by atoms with van der Waals surface area (Å²) in [4.78, 5) is 8.39. The highest BCUT2D eigenvalue weighted by atomic mass is 16.3. The number of aromatic nitrogens is 2. The fourth-order valence-electron chi connectivity index (χ4n) is 1.49. The second-order valence-electron chi connectivity index (χ2n) is 3.65. The molecule has 2 aromatic rings. The van der Waals surface area contributed by atoms with E-state index in [1.54, 1.807) is 12.4 Å². The largest absolute Gasteiger partial charge is 0.392 e. The van der Waals surface area contributed by atoms with Crippen molar-refractivity contribution in [1.82, 2.24) is 9.97 Å². The van der Waals surface area contributed by atoms with Crippen molar-refractivity contribution in [3.8, 4) is 0 Å². The minimum atomic E-state index is -0.00103. The van der Waals surface area contributed by atoms with Gasteiger partial charge in [0.1, 0.15) is 5.82 Å². The van der Waals surface area contributed by atoms with E-state index in [4.69, 9.17) is 5.11 Å². The van der Waals surface area contributed by atoms with Gasteiger partial charge in [-0.3, -0.25) is 0 Å². The molecule has 0 saturated heterocycles. The zero-order valence-electron chi connectivity index (χ0n) is 9.00. The molecule has 82 valence electrons. The maximum Gasteiger partial charge on any atom is 0.128 e. The number of nitrogens with zero attached hydrogens (tertiary/aromatic N) is 2. The molecule has 0 bridgehead atoms. The van der Waals surface area contributed by atoms with Gasteiger partial charge >= 0.3 is 0 Å². The third-order valence-corrected chi connectivity index (χ3v) is 2.42. The van der Waals surface area contributed by atoms with Gasteiger partial charge in [-0.25, -0.2) is 9.97 Å². The van der Waals surface area contributed by atoms with Crippen molar-refractivity contribution in [2.24, 2.45) is 0 Å². The molecule has 0 spiro atoms. The second kappa shape index (κ2) is 5.37. The molecule has 1 aromatic heterocycles. The van der Waals surface area contributed by atoms with Gasteiger partial charge in [-0.1, -0.05) is 30.3 Å². The summed E-state index contributed by atoms with van der Waals surface area (Å²) in [5.41, 5.74) is 2.04. The third-order valence-electron chi connectivity index (χ3n) is 2.42. The Morgan fingerprint density at radius 1 is 0.875 bits per heavy atom. The van der Waals surface area contributed by atoms with Crippen LogP contribution in [0.2, 0.25) is 0 Å². The first-order chi connectivity index (χ1) is 7.88. The van der Waals surface area contributed by atoms with Crippen LogP contribution in [-0.4, -0.2) is 15.1 Å². The first-order valence-corrected chi connectivity index (χ1v) is 5.33. The fourth-order valence-corrected chi connectivity index (χ4v) is 1.49. The minimum absolute atomic E-state index is 0.00103. The molecule has 0 amide bonds. The zero-order valence-corrected chi connectivity index (χ0v) is 9.00. The smallest absolute Gasteiger partial charge is 0.128 e. The number of aryl methyl sites for hydroxylation is 2. The summed E-state index contributed by atoms with van der Waals surface area (Å²) in [6.45, 7) is -0.00103. The van der Waals surface area contributed by atoms with E-state index in [1.807, 2.05) is 18.2 Å². The van der Waals surface area contributed by atoms with Gasteiger partial charge in [-0.15, -0.1) is 0 Å². The van der Waals surface area contributed by atoms with E-state index in [9.17, 15) is 0 Å². The van der Waals surface area contributed by atoms with Crippen LogP contribution in [0.5, 0.6) is 0 Å². The molecule has 2 rings (SSSR count). The number of aliphatic hydroxyl groups is 1. The molecule has 0 atom stereocenters. The Balaban J connectivity index is 1.94. The van der Waals surface area contributed by atoms with Crippen molar-refractivity contribution in [3.63, 3.8) is 0 Å². The third kappa shape index (κ3) is 2.87. The van der Waals surface area contributed by atoms with Gasteiger partial charge in [0.2, 0.25) is 0 Å². The van der Waals surface area contributed by atoms with Crippen LogP contribution in [0, 0.1) is 0 Å². The maximum absolute atomic E-state index is 8.86. The molecule has 0 saturated carbocycles. The fraction of sp³-hybridized carbons (Fsp3) is 0.231. The highest BCUT2D eigenvalue weighted by molar-refractivity contribution is 5.15. The molecule has 1 heterocycles. The SMILES string of the molecule is OCc1cnc(CCc2ccccc2)nc1. The van der Waals surface area contributed by atoms with E-state index in [0.717, 1.165) is 24.2 Å². The summed E-state index contributed by atoms with van der Waals surface area (Å²) in [6, 6.07) is 10.3. The van der Waals surface area contributed by atoms with E-state index < -0.39 is 0 Å². The molecule has 0 aliphatic carbocycles. The number of hydrogen-bond acceptors (Lipinski definition) is 3. The van der Waals surface area contributed by atoms with Crippen molar-refractivity contribution in [1.29, 1.82) is 0 Å². The lowest BCUT2D eigenvalue weighted by Gasteiger charge is -2.01. The molecule has 0 aliphatic rings. The van der Waals surface area contributed by atoms with E-state index >= 15 is 0 Å². The Morgan fingerprint density at radius 2 is 1.56 bits per heavy atom. The molecule has 0 aliphatic heterocycles. The van der Waals surface area contributed by atoms with E-state index in [1.165, 1.54) is 5.56 Å². The normalized spacial score (nSPS) is 10.3. The first kappa shape index (κ1) is 10.8. The molecular formula is C13H14N2O. The summed E-state index contributed by atoms with van der Waals surface area (Å²) in [6.07, 6.45) is 5.12. The number of rotatable bonds is 4. The predicted octanol–water partition coefficient (Wildman–Crippen LogP) is 1.75.